The van der Waals surface area contributed by atoms with Gasteiger partial charge >= 0.3 is 5.76 Å². The summed E-state index contributed by atoms with van der Waals surface area (Å²) in [5, 5.41) is 6.34. The molecule has 1 aliphatic heterocycles. The van der Waals surface area contributed by atoms with E-state index >= 15 is 0 Å². The van der Waals surface area contributed by atoms with E-state index in [1.807, 2.05) is 0 Å². The molecule has 0 aliphatic carbocycles. The van der Waals surface area contributed by atoms with Gasteiger partial charge in [-0.3, -0.25) is 14.6 Å². The first kappa shape index (κ1) is 12.2. The number of fused-ring (bicyclic) bond motifs is 1. The molecule has 3 rings (SSSR count). The maximum Gasteiger partial charge on any atom is 0.417 e. The number of benzene rings is 1. The summed E-state index contributed by atoms with van der Waals surface area (Å²) in [7, 11) is 0. The van der Waals surface area contributed by atoms with E-state index in [9.17, 15) is 14.4 Å². The van der Waals surface area contributed by atoms with Gasteiger partial charge in [-0.1, -0.05) is 0 Å². The number of amides is 2. The fourth-order valence-electron chi connectivity index (χ4n) is 1.87. The second-order valence-corrected chi connectivity index (χ2v) is 4.27. The summed E-state index contributed by atoms with van der Waals surface area (Å²) >= 11 is 0. The van der Waals surface area contributed by atoms with Gasteiger partial charge in [-0.05, 0) is 18.2 Å². The van der Waals surface area contributed by atoms with Gasteiger partial charge in [0.2, 0.25) is 5.91 Å². The van der Waals surface area contributed by atoms with Gasteiger partial charge in [-0.25, -0.2) is 10.2 Å². The second-order valence-electron chi connectivity index (χ2n) is 4.27. The number of hydrogen-bond acceptors (Lipinski definition) is 5. The Bertz CT molecular complexity index is 786. The third-order valence-corrected chi connectivity index (χ3v) is 2.84. The van der Waals surface area contributed by atoms with E-state index < -0.39 is 11.7 Å². The molecule has 1 aliphatic rings. The number of carbonyl (C=O) groups excluding carboxylic acids is 2. The Morgan fingerprint density at radius 1 is 1.30 bits per heavy atom. The Morgan fingerprint density at radius 3 is 2.90 bits per heavy atom. The zero-order valence-corrected chi connectivity index (χ0v) is 10.2. The molecule has 0 unspecified atom stereocenters. The van der Waals surface area contributed by atoms with Gasteiger partial charge < -0.3 is 9.73 Å². The van der Waals surface area contributed by atoms with Gasteiger partial charge in [0.05, 0.1) is 5.52 Å². The zero-order chi connectivity index (χ0) is 14.1. The maximum absolute atomic E-state index is 11.9. The van der Waals surface area contributed by atoms with E-state index in [1.165, 1.54) is 0 Å². The Balaban J connectivity index is 1.80. The molecule has 2 amide bonds. The summed E-state index contributed by atoms with van der Waals surface area (Å²) < 4.78 is 4.86. The quantitative estimate of drug-likeness (QED) is 0.731. The summed E-state index contributed by atoms with van der Waals surface area (Å²) in [5.41, 5.74) is 3.92. The predicted molar refractivity (Wildman–Crippen MR) is 70.3 cm³/mol. The highest BCUT2D eigenvalue weighted by molar-refractivity contribution is 6.43. The maximum atomic E-state index is 11.9. The lowest BCUT2D eigenvalue weighted by atomic mass is 10.1. The Kier molecular flexibility index (Phi) is 2.82. The first-order valence-electron chi connectivity index (χ1n) is 5.91. The molecule has 0 bridgehead atoms. The molecule has 3 N–H and O–H groups in total. The zero-order valence-electron chi connectivity index (χ0n) is 10.2. The molecule has 8 heteroatoms. The van der Waals surface area contributed by atoms with Crippen LogP contribution < -0.4 is 16.5 Å². The van der Waals surface area contributed by atoms with E-state index in [1.54, 1.807) is 18.2 Å². The van der Waals surface area contributed by atoms with Gasteiger partial charge in [-0.15, -0.1) is 0 Å². The van der Waals surface area contributed by atoms with Gasteiger partial charge in [0.25, 0.3) is 5.91 Å². The van der Waals surface area contributed by atoms with Crippen molar-refractivity contribution in [3.63, 3.8) is 0 Å². The first-order chi connectivity index (χ1) is 9.61. The van der Waals surface area contributed by atoms with Crippen molar-refractivity contribution in [1.82, 2.24) is 10.4 Å². The van der Waals surface area contributed by atoms with Gasteiger partial charge in [0.15, 0.2) is 5.58 Å². The van der Waals surface area contributed by atoms with Crippen LogP contribution in [0.3, 0.4) is 0 Å². The van der Waals surface area contributed by atoms with Crippen LogP contribution in [0.5, 0.6) is 0 Å². The topological polar surface area (TPSA) is 117 Å². The van der Waals surface area contributed by atoms with Crippen LogP contribution in [-0.2, 0) is 9.59 Å². The number of carbonyl (C=O) groups is 2. The molecule has 0 spiro atoms. The van der Waals surface area contributed by atoms with Crippen molar-refractivity contribution >= 4 is 34.3 Å². The van der Waals surface area contributed by atoms with Crippen LogP contribution >= 0.6 is 0 Å². The molecule has 20 heavy (non-hydrogen) atoms. The largest absolute Gasteiger partial charge is 0.417 e. The fourth-order valence-corrected chi connectivity index (χ4v) is 1.87. The van der Waals surface area contributed by atoms with Crippen molar-refractivity contribution in [3.05, 3.63) is 28.7 Å². The molecule has 0 fully saturated rings. The molecule has 2 aromatic rings. The van der Waals surface area contributed by atoms with Crippen molar-refractivity contribution in [2.45, 2.75) is 12.8 Å². The number of aromatic amines is 1. The molecule has 1 aromatic carbocycles. The molecule has 8 nitrogen and oxygen atoms in total. The predicted octanol–water partition coefficient (Wildman–Crippen LogP) is 0.326. The van der Waals surface area contributed by atoms with E-state index in [-0.39, 0.29) is 18.0 Å². The second kappa shape index (κ2) is 4.65. The van der Waals surface area contributed by atoms with Crippen LogP contribution in [0, 0.1) is 0 Å². The normalized spacial score (nSPS) is 14.8. The number of H-pyrrole nitrogens is 1. The Labute approximate surface area is 111 Å². The average molecular weight is 274 g/mol. The number of hydrazone groups is 1. The van der Waals surface area contributed by atoms with Crippen LogP contribution in [0.1, 0.15) is 12.8 Å². The minimum Gasteiger partial charge on any atom is -0.408 e. The molecule has 0 saturated heterocycles. The summed E-state index contributed by atoms with van der Waals surface area (Å²) in [6.07, 6.45) is 0.531. The molecule has 0 atom stereocenters. The Hall–Kier alpha value is -2.90. The van der Waals surface area contributed by atoms with Crippen LogP contribution in [0.2, 0.25) is 0 Å². The van der Waals surface area contributed by atoms with E-state index in [0.29, 0.717) is 23.2 Å². The lowest BCUT2D eigenvalue weighted by Gasteiger charge is -2.11. The molecule has 0 saturated carbocycles. The molecule has 1 aromatic heterocycles. The molecular formula is C12H10N4O4. The van der Waals surface area contributed by atoms with E-state index in [4.69, 9.17) is 4.42 Å². The van der Waals surface area contributed by atoms with Gasteiger partial charge in [0, 0.05) is 18.5 Å². The van der Waals surface area contributed by atoms with Gasteiger partial charge in [0.1, 0.15) is 5.71 Å². The lowest BCUT2D eigenvalue weighted by Crippen LogP contribution is -2.32. The number of aromatic nitrogens is 1. The number of nitrogens with one attached hydrogen (secondary N) is 3. The third kappa shape index (κ3) is 2.30. The lowest BCUT2D eigenvalue weighted by molar-refractivity contribution is -0.121. The van der Waals surface area contributed by atoms with Crippen molar-refractivity contribution in [1.29, 1.82) is 0 Å². The van der Waals surface area contributed by atoms with Crippen LogP contribution in [-0.4, -0.2) is 22.5 Å². The highest BCUT2D eigenvalue weighted by Gasteiger charge is 2.18. The van der Waals surface area contributed by atoms with Crippen LogP contribution in [0.25, 0.3) is 11.1 Å². The highest BCUT2D eigenvalue weighted by atomic mass is 16.4. The number of anilines is 1. The number of oxazole rings is 1. The number of nitrogens with zero attached hydrogens (tertiary/aromatic N) is 1. The van der Waals surface area contributed by atoms with E-state index in [2.05, 4.69) is 20.8 Å². The molecule has 0 radical (unpaired) electrons. The summed E-state index contributed by atoms with van der Waals surface area (Å²) in [4.78, 5) is 36.4. The minimum atomic E-state index is -0.553. The summed E-state index contributed by atoms with van der Waals surface area (Å²) in [5.74, 6) is -1.16. The smallest absolute Gasteiger partial charge is 0.408 e. The average Bonchev–Trinajstić information content (AvgIpc) is 2.78. The van der Waals surface area contributed by atoms with E-state index in [0.717, 1.165) is 0 Å². The first-order valence-corrected chi connectivity index (χ1v) is 5.91. The SMILES string of the molecule is O=C1CCC(C(=O)Nc2ccc3oc(=O)[nH]c3c2)=NN1. The molecule has 102 valence electrons. The summed E-state index contributed by atoms with van der Waals surface area (Å²) in [6, 6.07) is 4.77. The third-order valence-electron chi connectivity index (χ3n) is 2.84. The highest BCUT2D eigenvalue weighted by Crippen LogP contribution is 2.16. The van der Waals surface area contributed by atoms with Crippen molar-refractivity contribution in [3.8, 4) is 0 Å². The monoisotopic (exact) mass is 274 g/mol. The number of hydrogen-bond donors (Lipinski definition) is 3. The minimum absolute atomic E-state index is 0.209. The summed E-state index contributed by atoms with van der Waals surface area (Å²) in [6.45, 7) is 0. The molecular weight excluding hydrogens is 264 g/mol. The fraction of sp³-hybridized carbons (Fsp3) is 0.167. The Morgan fingerprint density at radius 2 is 2.15 bits per heavy atom. The molecule has 2 heterocycles. The van der Waals surface area contributed by atoms with Crippen LogP contribution in [0.4, 0.5) is 5.69 Å². The van der Waals surface area contributed by atoms with Crippen molar-refractivity contribution in [2.75, 3.05) is 5.32 Å². The number of rotatable bonds is 2. The standard InChI is InChI=1S/C12H10N4O4/c17-10-4-2-7(15-16-10)11(18)13-6-1-3-9-8(5-6)14-12(19)20-9/h1,3,5H,2,4H2,(H,13,18)(H,14,19)(H,16,17). The van der Waals surface area contributed by atoms with Crippen molar-refractivity contribution in [2.24, 2.45) is 5.10 Å². The van der Waals surface area contributed by atoms with Gasteiger partial charge in [-0.2, -0.15) is 5.10 Å². The van der Waals surface area contributed by atoms with Crippen LogP contribution in [0.15, 0.2) is 32.5 Å². The van der Waals surface area contributed by atoms with Crippen molar-refractivity contribution < 1.29 is 14.0 Å².